The van der Waals surface area contributed by atoms with Crippen LogP contribution in [0.15, 0.2) is 22.7 Å². The van der Waals surface area contributed by atoms with Gasteiger partial charge in [0.2, 0.25) is 0 Å². The summed E-state index contributed by atoms with van der Waals surface area (Å²) in [7, 11) is 0. The molecule has 1 aliphatic rings. The van der Waals surface area contributed by atoms with Gasteiger partial charge in [0.1, 0.15) is 0 Å². The third-order valence-electron chi connectivity index (χ3n) is 2.67. The highest BCUT2D eigenvalue weighted by molar-refractivity contribution is 9.10. The lowest BCUT2D eigenvalue weighted by Gasteiger charge is -2.07. The molecule has 1 saturated carbocycles. The first kappa shape index (κ1) is 8.77. The first-order valence-electron chi connectivity index (χ1n) is 4.36. The predicted molar refractivity (Wildman–Crippen MR) is 55.4 cm³/mol. The first-order valence-corrected chi connectivity index (χ1v) is 5.15. The molecule has 0 unspecified atom stereocenters. The van der Waals surface area contributed by atoms with E-state index in [0.717, 1.165) is 17.3 Å². The van der Waals surface area contributed by atoms with Crippen LogP contribution in [0.2, 0.25) is 0 Å². The first-order chi connectivity index (χ1) is 6.18. The maximum atomic E-state index is 9.01. The molecular formula is C11H10BrN. The molecule has 13 heavy (non-hydrogen) atoms. The molecule has 0 N–H and O–H groups in total. The van der Waals surface area contributed by atoms with Crippen LogP contribution in [0, 0.1) is 18.3 Å². The van der Waals surface area contributed by atoms with Crippen LogP contribution in [0.1, 0.15) is 24.0 Å². The summed E-state index contributed by atoms with van der Waals surface area (Å²) in [5, 5.41) is 9.01. The van der Waals surface area contributed by atoms with Crippen molar-refractivity contribution in [2.24, 2.45) is 0 Å². The van der Waals surface area contributed by atoms with Crippen LogP contribution in [-0.2, 0) is 5.41 Å². The van der Waals surface area contributed by atoms with Crippen LogP contribution < -0.4 is 0 Å². The normalized spacial score (nSPS) is 17.9. The van der Waals surface area contributed by atoms with Crippen molar-refractivity contribution in [2.75, 3.05) is 0 Å². The number of aryl methyl sites for hydroxylation is 1. The highest BCUT2D eigenvalue weighted by Crippen LogP contribution is 2.47. The van der Waals surface area contributed by atoms with Crippen LogP contribution in [0.3, 0.4) is 0 Å². The summed E-state index contributed by atoms with van der Waals surface area (Å²) in [6, 6.07) is 8.59. The van der Waals surface area contributed by atoms with Gasteiger partial charge in [-0.1, -0.05) is 28.1 Å². The van der Waals surface area contributed by atoms with Crippen molar-refractivity contribution in [1.82, 2.24) is 0 Å². The van der Waals surface area contributed by atoms with Gasteiger partial charge < -0.3 is 0 Å². The van der Waals surface area contributed by atoms with Gasteiger partial charge in [-0.25, -0.2) is 0 Å². The largest absolute Gasteiger partial charge is 0.197 e. The quantitative estimate of drug-likeness (QED) is 0.733. The molecule has 66 valence electrons. The summed E-state index contributed by atoms with van der Waals surface area (Å²) >= 11 is 3.46. The molecule has 2 rings (SSSR count). The minimum absolute atomic E-state index is 0.147. The second-order valence-corrected chi connectivity index (χ2v) is 4.51. The second kappa shape index (κ2) is 2.85. The Morgan fingerprint density at radius 3 is 2.62 bits per heavy atom. The van der Waals surface area contributed by atoms with E-state index in [-0.39, 0.29) is 5.41 Å². The molecule has 0 aromatic heterocycles. The standard InChI is InChI=1S/C11H10BrN/c1-8-6-9(2-3-10(8)12)11(7-13)4-5-11/h2-3,6H,4-5H2,1H3. The molecule has 1 aromatic carbocycles. The van der Waals surface area contributed by atoms with Crippen molar-refractivity contribution in [1.29, 1.82) is 5.26 Å². The highest BCUT2D eigenvalue weighted by atomic mass is 79.9. The molecule has 0 amide bonds. The number of hydrogen-bond acceptors (Lipinski definition) is 1. The van der Waals surface area contributed by atoms with Gasteiger partial charge in [-0.2, -0.15) is 5.26 Å². The average molecular weight is 236 g/mol. The molecule has 0 aliphatic heterocycles. The zero-order valence-corrected chi connectivity index (χ0v) is 9.06. The van der Waals surface area contributed by atoms with E-state index >= 15 is 0 Å². The fourth-order valence-corrected chi connectivity index (χ4v) is 1.78. The summed E-state index contributed by atoms with van der Waals surface area (Å²) < 4.78 is 1.12. The smallest absolute Gasteiger partial charge is 0.0823 e. The van der Waals surface area contributed by atoms with Crippen LogP contribution in [-0.4, -0.2) is 0 Å². The zero-order valence-electron chi connectivity index (χ0n) is 7.47. The van der Waals surface area contributed by atoms with Gasteiger partial charge in [-0.15, -0.1) is 0 Å². The van der Waals surface area contributed by atoms with Crippen molar-refractivity contribution in [3.8, 4) is 6.07 Å². The number of nitriles is 1. The Balaban J connectivity index is 2.44. The summed E-state index contributed by atoms with van der Waals surface area (Å²) in [5.74, 6) is 0. The monoisotopic (exact) mass is 235 g/mol. The van der Waals surface area contributed by atoms with Gasteiger partial charge in [0.25, 0.3) is 0 Å². The topological polar surface area (TPSA) is 23.8 Å². The van der Waals surface area contributed by atoms with Crippen LogP contribution in [0.5, 0.6) is 0 Å². The summed E-state index contributed by atoms with van der Waals surface area (Å²) in [5.41, 5.74) is 2.24. The number of halogens is 1. The Hall–Kier alpha value is -0.810. The van der Waals surface area contributed by atoms with Crippen molar-refractivity contribution in [3.05, 3.63) is 33.8 Å². The van der Waals surface area contributed by atoms with Crippen LogP contribution in [0.25, 0.3) is 0 Å². The van der Waals surface area contributed by atoms with Crippen molar-refractivity contribution >= 4 is 15.9 Å². The Bertz CT molecular complexity index is 386. The van der Waals surface area contributed by atoms with Gasteiger partial charge in [0, 0.05) is 4.47 Å². The third kappa shape index (κ3) is 1.38. The number of nitrogens with zero attached hydrogens (tertiary/aromatic N) is 1. The maximum Gasteiger partial charge on any atom is 0.0823 e. The second-order valence-electron chi connectivity index (χ2n) is 3.66. The van der Waals surface area contributed by atoms with Gasteiger partial charge in [0.15, 0.2) is 0 Å². The van der Waals surface area contributed by atoms with Crippen molar-refractivity contribution < 1.29 is 0 Å². The molecule has 0 spiro atoms. The molecule has 0 bridgehead atoms. The number of benzene rings is 1. The van der Waals surface area contributed by atoms with Gasteiger partial charge in [0.05, 0.1) is 11.5 Å². The number of hydrogen-bond donors (Lipinski definition) is 0. The molecular weight excluding hydrogens is 226 g/mol. The molecule has 1 aromatic rings. The van der Waals surface area contributed by atoms with E-state index in [1.807, 2.05) is 12.1 Å². The fourth-order valence-electron chi connectivity index (χ4n) is 1.53. The predicted octanol–water partition coefficient (Wildman–Crippen LogP) is 3.31. The Kier molecular flexibility index (Phi) is 1.92. The molecule has 0 heterocycles. The third-order valence-corrected chi connectivity index (χ3v) is 3.56. The Morgan fingerprint density at radius 2 is 2.15 bits per heavy atom. The van der Waals surface area contributed by atoms with Crippen molar-refractivity contribution in [3.63, 3.8) is 0 Å². The lowest BCUT2D eigenvalue weighted by Crippen LogP contribution is -2.02. The van der Waals surface area contributed by atoms with E-state index in [1.165, 1.54) is 11.1 Å². The van der Waals surface area contributed by atoms with Gasteiger partial charge in [-0.3, -0.25) is 0 Å². The maximum absolute atomic E-state index is 9.01. The van der Waals surface area contributed by atoms with Crippen molar-refractivity contribution in [2.45, 2.75) is 25.2 Å². The van der Waals surface area contributed by atoms with E-state index in [9.17, 15) is 0 Å². The average Bonchev–Trinajstić information content (AvgIpc) is 2.90. The Labute approximate surface area is 86.5 Å². The zero-order chi connectivity index (χ0) is 9.47. The summed E-state index contributed by atoms with van der Waals surface area (Å²) in [6.45, 7) is 2.06. The van der Waals surface area contributed by atoms with E-state index in [4.69, 9.17) is 5.26 Å². The minimum Gasteiger partial charge on any atom is -0.197 e. The minimum atomic E-state index is -0.147. The highest BCUT2D eigenvalue weighted by Gasteiger charge is 2.44. The van der Waals surface area contributed by atoms with E-state index in [0.29, 0.717) is 0 Å². The summed E-state index contributed by atoms with van der Waals surface area (Å²) in [6.07, 6.45) is 2.04. The van der Waals surface area contributed by atoms with Gasteiger partial charge >= 0.3 is 0 Å². The fraction of sp³-hybridized carbons (Fsp3) is 0.364. The van der Waals surface area contributed by atoms with Crippen LogP contribution >= 0.6 is 15.9 Å². The lowest BCUT2D eigenvalue weighted by molar-refractivity contribution is 0.905. The molecule has 1 aliphatic carbocycles. The molecule has 0 saturated heterocycles. The van der Waals surface area contributed by atoms with Gasteiger partial charge in [-0.05, 0) is 37.0 Å². The SMILES string of the molecule is Cc1cc(C2(C#N)CC2)ccc1Br. The molecule has 1 fully saturated rings. The molecule has 0 radical (unpaired) electrons. The molecule has 1 nitrogen and oxygen atoms in total. The Morgan fingerprint density at radius 1 is 1.46 bits per heavy atom. The molecule has 0 atom stereocenters. The lowest BCUT2D eigenvalue weighted by atomic mass is 9.96. The summed E-state index contributed by atoms with van der Waals surface area (Å²) in [4.78, 5) is 0. The molecule has 2 heteroatoms. The van der Waals surface area contributed by atoms with Crippen LogP contribution in [0.4, 0.5) is 0 Å². The van der Waals surface area contributed by atoms with E-state index in [2.05, 4.69) is 35.0 Å². The van der Waals surface area contributed by atoms with E-state index < -0.39 is 0 Å². The number of rotatable bonds is 1. The van der Waals surface area contributed by atoms with E-state index in [1.54, 1.807) is 0 Å².